The fourth-order valence-electron chi connectivity index (χ4n) is 3.00. The zero-order valence-corrected chi connectivity index (χ0v) is 11.4. The number of carbonyl (C=O) groups is 1. The highest BCUT2D eigenvalue weighted by Crippen LogP contribution is 2.39. The smallest absolute Gasteiger partial charge is 0.226 e. The number of nitrogens with one attached hydrogen (secondary N) is 1. The molecule has 1 amide bonds. The molecule has 4 nitrogen and oxygen atoms in total. The molecule has 2 atom stereocenters. The first kappa shape index (κ1) is 13.4. The molecule has 2 aromatic rings. The first-order valence-corrected chi connectivity index (χ1v) is 6.78. The van der Waals surface area contributed by atoms with Crippen LogP contribution in [0.15, 0.2) is 12.1 Å². The largest absolute Gasteiger partial charge is 0.396 e. The van der Waals surface area contributed by atoms with E-state index in [0.717, 1.165) is 11.3 Å². The number of hydrogen-bond acceptors (Lipinski definition) is 2. The van der Waals surface area contributed by atoms with E-state index in [4.69, 9.17) is 17.3 Å². The number of primary amides is 1. The van der Waals surface area contributed by atoms with E-state index in [2.05, 4.69) is 4.98 Å². The first-order chi connectivity index (χ1) is 9.51. The third-order valence-electron chi connectivity index (χ3n) is 3.99. The number of hydrogen-bond donors (Lipinski definition) is 3. The lowest BCUT2D eigenvalue weighted by Gasteiger charge is -2.26. The number of aliphatic hydroxyl groups excluding tert-OH is 1. The van der Waals surface area contributed by atoms with Gasteiger partial charge in [-0.1, -0.05) is 11.6 Å². The second-order valence-electron chi connectivity index (χ2n) is 5.27. The standard InChI is InChI=1S/C14H14ClFN2O2/c15-10-4-12-7(3-11(10)16)8-1-6(5-19)2-9(14(17)20)13(8)18-12/h3-4,6,9,18-19H,1-2,5H2,(H2,17,20). The summed E-state index contributed by atoms with van der Waals surface area (Å²) >= 11 is 5.78. The van der Waals surface area contributed by atoms with Gasteiger partial charge in [0, 0.05) is 23.2 Å². The first-order valence-electron chi connectivity index (χ1n) is 6.41. The SMILES string of the molecule is NC(=O)C1CC(CO)Cc2c1[nH]c1cc(Cl)c(F)cc21. The highest BCUT2D eigenvalue weighted by atomic mass is 35.5. The van der Waals surface area contributed by atoms with Crippen molar-refractivity contribution in [1.82, 2.24) is 4.98 Å². The highest BCUT2D eigenvalue weighted by Gasteiger charge is 2.33. The second kappa shape index (κ2) is 4.75. The number of H-pyrrole nitrogens is 1. The molecule has 4 N–H and O–H groups in total. The molecule has 0 fully saturated rings. The Morgan fingerprint density at radius 1 is 1.55 bits per heavy atom. The van der Waals surface area contributed by atoms with Gasteiger partial charge in [0.05, 0.1) is 10.9 Å². The van der Waals surface area contributed by atoms with E-state index < -0.39 is 17.6 Å². The molecule has 106 valence electrons. The van der Waals surface area contributed by atoms with E-state index in [1.54, 1.807) is 0 Å². The average Bonchev–Trinajstić information content (AvgIpc) is 2.75. The molecule has 0 saturated carbocycles. The molecule has 3 rings (SSSR count). The van der Waals surface area contributed by atoms with E-state index in [0.29, 0.717) is 23.7 Å². The number of aromatic nitrogens is 1. The van der Waals surface area contributed by atoms with Crippen LogP contribution in [0.25, 0.3) is 10.9 Å². The van der Waals surface area contributed by atoms with Gasteiger partial charge in [0.2, 0.25) is 5.91 Å². The maximum atomic E-state index is 13.6. The van der Waals surface area contributed by atoms with Crippen molar-refractivity contribution in [2.45, 2.75) is 18.8 Å². The van der Waals surface area contributed by atoms with Crippen LogP contribution in [0.3, 0.4) is 0 Å². The summed E-state index contributed by atoms with van der Waals surface area (Å²) in [6.07, 6.45) is 1.10. The minimum absolute atomic E-state index is 0.0219. The van der Waals surface area contributed by atoms with E-state index >= 15 is 0 Å². The molecule has 0 spiro atoms. The van der Waals surface area contributed by atoms with Gasteiger partial charge in [0.1, 0.15) is 5.82 Å². The average molecular weight is 297 g/mol. The van der Waals surface area contributed by atoms with Crippen molar-refractivity contribution in [1.29, 1.82) is 0 Å². The lowest BCUT2D eigenvalue weighted by Crippen LogP contribution is -2.30. The molecule has 1 aliphatic carbocycles. The third-order valence-corrected chi connectivity index (χ3v) is 4.28. The van der Waals surface area contributed by atoms with Gasteiger partial charge in [-0.15, -0.1) is 0 Å². The lowest BCUT2D eigenvalue weighted by atomic mass is 9.79. The molecule has 1 aromatic heterocycles. The van der Waals surface area contributed by atoms with Crippen molar-refractivity contribution in [3.63, 3.8) is 0 Å². The number of fused-ring (bicyclic) bond motifs is 3. The normalized spacial score (nSPS) is 21.9. The Balaban J connectivity index is 2.23. The number of aliphatic hydroxyl groups is 1. The molecule has 0 aliphatic heterocycles. The van der Waals surface area contributed by atoms with Crippen molar-refractivity contribution >= 4 is 28.4 Å². The number of aromatic amines is 1. The lowest BCUT2D eigenvalue weighted by molar-refractivity contribution is -0.120. The molecular weight excluding hydrogens is 283 g/mol. The number of halogens is 2. The molecule has 0 radical (unpaired) electrons. The van der Waals surface area contributed by atoms with Crippen LogP contribution in [0.2, 0.25) is 5.02 Å². The van der Waals surface area contributed by atoms with Gasteiger partial charge in [-0.2, -0.15) is 0 Å². The Hall–Kier alpha value is -1.59. The molecule has 0 bridgehead atoms. The summed E-state index contributed by atoms with van der Waals surface area (Å²) < 4.78 is 13.6. The minimum atomic E-state index is -0.497. The summed E-state index contributed by atoms with van der Waals surface area (Å²) in [6, 6.07) is 2.88. The van der Waals surface area contributed by atoms with Gasteiger partial charge in [0.15, 0.2) is 0 Å². The minimum Gasteiger partial charge on any atom is -0.396 e. The van der Waals surface area contributed by atoms with Gasteiger partial charge in [-0.3, -0.25) is 4.79 Å². The molecule has 6 heteroatoms. The summed E-state index contributed by atoms with van der Waals surface area (Å²) in [5.41, 5.74) is 7.70. The van der Waals surface area contributed by atoms with Crippen molar-refractivity contribution < 1.29 is 14.3 Å². The molecule has 0 saturated heterocycles. The zero-order valence-electron chi connectivity index (χ0n) is 10.6. The summed E-state index contributed by atoms with van der Waals surface area (Å²) in [4.78, 5) is 14.7. The van der Waals surface area contributed by atoms with Crippen molar-refractivity contribution in [3.8, 4) is 0 Å². The van der Waals surface area contributed by atoms with Crippen LogP contribution < -0.4 is 5.73 Å². The molecule has 1 aromatic carbocycles. The van der Waals surface area contributed by atoms with Crippen molar-refractivity contribution in [3.05, 3.63) is 34.2 Å². The Kier molecular flexibility index (Phi) is 3.18. The van der Waals surface area contributed by atoms with Crippen LogP contribution in [-0.2, 0) is 11.2 Å². The van der Waals surface area contributed by atoms with E-state index in [9.17, 15) is 14.3 Å². The summed E-state index contributed by atoms with van der Waals surface area (Å²) in [7, 11) is 0. The number of nitrogens with two attached hydrogens (primary N) is 1. The zero-order chi connectivity index (χ0) is 14.4. The quantitative estimate of drug-likeness (QED) is 0.793. The van der Waals surface area contributed by atoms with Crippen LogP contribution in [-0.4, -0.2) is 22.6 Å². The molecular formula is C14H14ClFN2O2. The molecule has 1 aliphatic rings. The molecule has 2 unspecified atom stereocenters. The van der Waals surface area contributed by atoms with Gasteiger partial charge in [-0.25, -0.2) is 4.39 Å². The monoisotopic (exact) mass is 296 g/mol. The van der Waals surface area contributed by atoms with Crippen LogP contribution >= 0.6 is 11.6 Å². The van der Waals surface area contributed by atoms with Gasteiger partial charge in [-0.05, 0) is 36.5 Å². The number of rotatable bonds is 2. The van der Waals surface area contributed by atoms with Crippen LogP contribution in [0.5, 0.6) is 0 Å². The summed E-state index contributed by atoms with van der Waals surface area (Å²) in [5.74, 6) is -1.46. The van der Waals surface area contributed by atoms with Crippen LogP contribution in [0, 0.1) is 11.7 Å². The van der Waals surface area contributed by atoms with Gasteiger partial charge in [0.25, 0.3) is 0 Å². The number of amides is 1. The molecule has 20 heavy (non-hydrogen) atoms. The van der Waals surface area contributed by atoms with Crippen molar-refractivity contribution in [2.75, 3.05) is 6.61 Å². The number of carbonyl (C=O) groups excluding carboxylic acids is 1. The van der Waals surface area contributed by atoms with E-state index in [1.807, 2.05) is 0 Å². The third kappa shape index (κ3) is 1.98. The Morgan fingerprint density at radius 3 is 2.95 bits per heavy atom. The van der Waals surface area contributed by atoms with Gasteiger partial charge >= 0.3 is 0 Å². The Bertz CT molecular complexity index is 698. The van der Waals surface area contributed by atoms with Crippen molar-refractivity contribution in [2.24, 2.45) is 11.7 Å². The van der Waals surface area contributed by atoms with E-state index in [-0.39, 0.29) is 17.5 Å². The fraction of sp³-hybridized carbons (Fsp3) is 0.357. The summed E-state index contributed by atoms with van der Waals surface area (Å²) in [6.45, 7) is -0.0219. The van der Waals surface area contributed by atoms with Crippen LogP contribution in [0.4, 0.5) is 4.39 Å². The maximum absolute atomic E-state index is 13.6. The molecule has 1 heterocycles. The fourth-order valence-corrected chi connectivity index (χ4v) is 3.17. The van der Waals surface area contributed by atoms with Crippen LogP contribution in [0.1, 0.15) is 23.6 Å². The van der Waals surface area contributed by atoms with E-state index in [1.165, 1.54) is 12.1 Å². The second-order valence-corrected chi connectivity index (χ2v) is 5.68. The van der Waals surface area contributed by atoms with Gasteiger partial charge < -0.3 is 15.8 Å². The Morgan fingerprint density at radius 2 is 2.30 bits per heavy atom. The predicted molar refractivity (Wildman–Crippen MR) is 74.1 cm³/mol. The number of benzene rings is 1. The summed E-state index contributed by atoms with van der Waals surface area (Å²) in [5, 5.41) is 10.1. The predicted octanol–water partition coefficient (Wildman–Crippen LogP) is 2.08. The topological polar surface area (TPSA) is 79.1 Å². The Labute approximate surface area is 119 Å². The maximum Gasteiger partial charge on any atom is 0.226 e. The highest BCUT2D eigenvalue weighted by molar-refractivity contribution is 6.31.